The summed E-state index contributed by atoms with van der Waals surface area (Å²) in [5.74, 6) is 0.853. The standard InChI is InChI=1S/C13H17N5O3S/c1-13(2,3)17-12(14-15-16-17)22-9-8-21-11-7-5-4-6-10(11)18(19)20/h4-7H,8-9H2,1-3H3. The lowest BCUT2D eigenvalue weighted by Crippen LogP contribution is -2.24. The van der Waals surface area contributed by atoms with Crippen LogP contribution < -0.4 is 4.74 Å². The lowest BCUT2D eigenvalue weighted by Gasteiger charge is -2.19. The Labute approximate surface area is 132 Å². The van der Waals surface area contributed by atoms with Gasteiger partial charge in [0.05, 0.1) is 17.1 Å². The van der Waals surface area contributed by atoms with Crippen LogP contribution >= 0.6 is 11.8 Å². The summed E-state index contributed by atoms with van der Waals surface area (Å²) in [6.45, 7) is 6.36. The van der Waals surface area contributed by atoms with Crippen LogP contribution in [0.2, 0.25) is 0 Å². The minimum absolute atomic E-state index is 0.0352. The van der Waals surface area contributed by atoms with Crippen molar-refractivity contribution in [2.75, 3.05) is 12.4 Å². The molecule has 0 spiro atoms. The Morgan fingerprint density at radius 2 is 2.09 bits per heavy atom. The van der Waals surface area contributed by atoms with E-state index >= 15 is 0 Å². The molecule has 0 unspecified atom stereocenters. The van der Waals surface area contributed by atoms with Crippen molar-refractivity contribution in [1.82, 2.24) is 20.2 Å². The molecule has 1 aromatic heterocycles. The molecule has 0 saturated carbocycles. The van der Waals surface area contributed by atoms with Crippen LogP contribution in [0.15, 0.2) is 29.4 Å². The third-order valence-electron chi connectivity index (χ3n) is 2.71. The molecule has 0 aliphatic heterocycles. The van der Waals surface area contributed by atoms with Gasteiger partial charge in [-0.2, -0.15) is 0 Å². The van der Waals surface area contributed by atoms with Crippen LogP contribution in [0.25, 0.3) is 0 Å². The van der Waals surface area contributed by atoms with E-state index in [9.17, 15) is 10.1 Å². The molecule has 118 valence electrons. The Morgan fingerprint density at radius 3 is 2.77 bits per heavy atom. The molecule has 8 nitrogen and oxygen atoms in total. The molecule has 0 fully saturated rings. The van der Waals surface area contributed by atoms with Crippen LogP contribution in [-0.4, -0.2) is 37.5 Å². The van der Waals surface area contributed by atoms with Gasteiger partial charge in [0.15, 0.2) is 5.75 Å². The Balaban J connectivity index is 1.91. The zero-order valence-corrected chi connectivity index (χ0v) is 13.4. The first-order valence-electron chi connectivity index (χ1n) is 6.67. The van der Waals surface area contributed by atoms with Crippen molar-refractivity contribution in [3.63, 3.8) is 0 Å². The molecular weight excluding hydrogens is 306 g/mol. The van der Waals surface area contributed by atoms with Crippen molar-refractivity contribution in [2.24, 2.45) is 0 Å². The SMILES string of the molecule is CC(C)(C)n1nnnc1SCCOc1ccccc1[N+](=O)[O-]. The number of para-hydroxylation sites is 2. The van der Waals surface area contributed by atoms with Crippen LogP contribution in [0.1, 0.15) is 20.8 Å². The second-order valence-corrected chi connectivity index (χ2v) is 6.53. The molecule has 1 aromatic carbocycles. The number of hydrogen-bond acceptors (Lipinski definition) is 7. The number of nitro benzene ring substituents is 1. The number of hydrogen-bond donors (Lipinski definition) is 0. The summed E-state index contributed by atoms with van der Waals surface area (Å²) in [6.07, 6.45) is 0. The Kier molecular flexibility index (Phi) is 4.96. The number of nitro groups is 1. The first-order valence-corrected chi connectivity index (χ1v) is 7.66. The van der Waals surface area contributed by atoms with E-state index in [0.717, 1.165) is 0 Å². The summed E-state index contributed by atoms with van der Waals surface area (Å²) in [7, 11) is 0. The van der Waals surface area contributed by atoms with Crippen molar-refractivity contribution in [2.45, 2.75) is 31.5 Å². The first kappa shape index (κ1) is 16.2. The van der Waals surface area contributed by atoms with Crippen molar-refractivity contribution in [3.05, 3.63) is 34.4 Å². The van der Waals surface area contributed by atoms with Crippen molar-refractivity contribution in [3.8, 4) is 5.75 Å². The lowest BCUT2D eigenvalue weighted by molar-refractivity contribution is -0.385. The van der Waals surface area contributed by atoms with Crippen LogP contribution in [0, 0.1) is 10.1 Å². The van der Waals surface area contributed by atoms with Gasteiger partial charge in [-0.3, -0.25) is 10.1 Å². The number of benzene rings is 1. The monoisotopic (exact) mass is 323 g/mol. The second-order valence-electron chi connectivity index (χ2n) is 5.47. The van der Waals surface area contributed by atoms with Gasteiger partial charge in [-0.05, 0) is 37.3 Å². The molecule has 0 saturated heterocycles. The van der Waals surface area contributed by atoms with Crippen LogP contribution in [0.5, 0.6) is 5.75 Å². The van der Waals surface area contributed by atoms with Gasteiger partial charge in [-0.25, -0.2) is 4.68 Å². The van der Waals surface area contributed by atoms with E-state index in [-0.39, 0.29) is 17.0 Å². The summed E-state index contributed by atoms with van der Waals surface area (Å²) in [5.41, 5.74) is -0.239. The van der Waals surface area contributed by atoms with Gasteiger partial charge in [0.25, 0.3) is 0 Å². The number of nitrogens with zero attached hydrogens (tertiary/aromatic N) is 5. The average Bonchev–Trinajstić information content (AvgIpc) is 2.92. The van der Waals surface area contributed by atoms with Gasteiger partial charge in [0, 0.05) is 11.8 Å². The van der Waals surface area contributed by atoms with E-state index < -0.39 is 4.92 Å². The van der Waals surface area contributed by atoms with E-state index in [1.54, 1.807) is 22.9 Å². The molecular formula is C13H17N5O3S. The fourth-order valence-corrected chi connectivity index (χ4v) is 2.58. The van der Waals surface area contributed by atoms with Crippen LogP contribution in [-0.2, 0) is 5.54 Å². The number of aromatic nitrogens is 4. The van der Waals surface area contributed by atoms with E-state index in [2.05, 4.69) is 15.5 Å². The van der Waals surface area contributed by atoms with Crippen molar-refractivity contribution >= 4 is 17.4 Å². The number of rotatable bonds is 6. The number of thioether (sulfide) groups is 1. The molecule has 0 radical (unpaired) electrons. The fourth-order valence-electron chi connectivity index (χ4n) is 1.70. The average molecular weight is 323 g/mol. The van der Waals surface area contributed by atoms with Crippen LogP contribution in [0.3, 0.4) is 0 Å². The third-order valence-corrected chi connectivity index (χ3v) is 3.59. The Morgan fingerprint density at radius 1 is 1.36 bits per heavy atom. The van der Waals surface area contributed by atoms with E-state index in [0.29, 0.717) is 17.5 Å². The third kappa shape index (κ3) is 3.94. The minimum atomic E-state index is -0.456. The predicted octanol–water partition coefficient (Wildman–Crippen LogP) is 2.51. The van der Waals surface area contributed by atoms with E-state index in [1.807, 2.05) is 20.8 Å². The number of tetrazole rings is 1. The van der Waals surface area contributed by atoms with Gasteiger partial charge in [0.1, 0.15) is 0 Å². The van der Waals surface area contributed by atoms with Gasteiger partial charge < -0.3 is 4.74 Å². The topological polar surface area (TPSA) is 96.0 Å². The molecule has 0 amide bonds. The predicted molar refractivity (Wildman–Crippen MR) is 82.1 cm³/mol. The quantitative estimate of drug-likeness (QED) is 0.349. The number of ether oxygens (including phenoxy) is 1. The smallest absolute Gasteiger partial charge is 0.310 e. The summed E-state index contributed by atoms with van der Waals surface area (Å²) < 4.78 is 7.22. The molecule has 9 heteroatoms. The highest BCUT2D eigenvalue weighted by atomic mass is 32.2. The van der Waals surface area contributed by atoms with Crippen molar-refractivity contribution in [1.29, 1.82) is 0 Å². The maximum atomic E-state index is 10.9. The zero-order chi connectivity index (χ0) is 16.2. The zero-order valence-electron chi connectivity index (χ0n) is 12.6. The summed E-state index contributed by atoms with van der Waals surface area (Å²) in [5, 5.41) is 23.2. The Hall–Kier alpha value is -2.16. The van der Waals surface area contributed by atoms with Gasteiger partial charge in [-0.15, -0.1) is 5.10 Å². The maximum absolute atomic E-state index is 10.9. The highest BCUT2D eigenvalue weighted by molar-refractivity contribution is 7.99. The van der Waals surface area contributed by atoms with E-state index in [4.69, 9.17) is 4.74 Å². The van der Waals surface area contributed by atoms with Gasteiger partial charge in [0.2, 0.25) is 5.16 Å². The highest BCUT2D eigenvalue weighted by Crippen LogP contribution is 2.26. The Bertz CT molecular complexity index is 653. The molecule has 1 heterocycles. The molecule has 2 aromatic rings. The van der Waals surface area contributed by atoms with E-state index in [1.165, 1.54) is 17.8 Å². The highest BCUT2D eigenvalue weighted by Gasteiger charge is 2.20. The molecule has 2 rings (SSSR count). The lowest BCUT2D eigenvalue weighted by atomic mass is 10.1. The summed E-state index contributed by atoms with van der Waals surface area (Å²) in [6, 6.07) is 6.32. The molecule has 0 N–H and O–H groups in total. The van der Waals surface area contributed by atoms with Gasteiger partial charge >= 0.3 is 5.69 Å². The molecule has 0 aliphatic rings. The molecule has 22 heavy (non-hydrogen) atoms. The molecule has 0 atom stereocenters. The minimum Gasteiger partial charge on any atom is -0.486 e. The van der Waals surface area contributed by atoms with Crippen LogP contribution in [0.4, 0.5) is 5.69 Å². The first-order chi connectivity index (χ1) is 10.4. The summed E-state index contributed by atoms with van der Waals surface area (Å²) in [4.78, 5) is 10.4. The largest absolute Gasteiger partial charge is 0.486 e. The molecule has 0 bridgehead atoms. The van der Waals surface area contributed by atoms with Crippen molar-refractivity contribution < 1.29 is 9.66 Å². The summed E-state index contributed by atoms with van der Waals surface area (Å²) >= 11 is 1.45. The second kappa shape index (κ2) is 6.73. The maximum Gasteiger partial charge on any atom is 0.310 e. The molecule has 0 aliphatic carbocycles. The van der Waals surface area contributed by atoms with Gasteiger partial charge in [-0.1, -0.05) is 23.9 Å². The fraction of sp³-hybridized carbons (Fsp3) is 0.462. The normalized spacial score (nSPS) is 11.4.